The van der Waals surface area contributed by atoms with E-state index in [1.807, 2.05) is 0 Å². The van der Waals surface area contributed by atoms with Gasteiger partial charge in [-0.2, -0.15) is 0 Å². The lowest BCUT2D eigenvalue weighted by Gasteiger charge is -2.13. The minimum Gasteiger partial charge on any atom is -0.351 e. The Morgan fingerprint density at radius 2 is 2.18 bits per heavy atom. The third-order valence-corrected chi connectivity index (χ3v) is 2.96. The number of pyridine rings is 1. The lowest BCUT2D eigenvalue weighted by molar-refractivity contribution is 0.0953. The normalized spacial score (nSPS) is 12.5. The first kappa shape index (κ1) is 14.0. The van der Waals surface area contributed by atoms with E-state index in [4.69, 9.17) is 0 Å². The first-order valence-electron chi connectivity index (χ1n) is 5.60. The molecule has 0 aliphatic carbocycles. The molecule has 0 aliphatic heterocycles. The average molecular weight is 301 g/mol. The summed E-state index contributed by atoms with van der Waals surface area (Å²) in [7, 11) is 0. The molecular formula is C12H17BrN2O2. The summed E-state index contributed by atoms with van der Waals surface area (Å²) >= 11 is 3.52. The molecule has 1 heterocycles. The van der Waals surface area contributed by atoms with Crippen molar-refractivity contribution in [1.29, 1.82) is 0 Å². The number of carbonyl (C=O) groups excluding carboxylic acids is 1. The number of amides is 1. The Morgan fingerprint density at radius 3 is 2.71 bits per heavy atom. The molecule has 5 heteroatoms. The molecule has 1 aromatic heterocycles. The number of hydrogen-bond donors (Lipinski definition) is 2. The van der Waals surface area contributed by atoms with Gasteiger partial charge in [-0.1, -0.05) is 29.8 Å². The van der Waals surface area contributed by atoms with Gasteiger partial charge in [-0.05, 0) is 18.4 Å². The fourth-order valence-corrected chi connectivity index (χ4v) is 2.36. The molecule has 0 aliphatic rings. The molecule has 0 radical (unpaired) electrons. The van der Waals surface area contributed by atoms with Crippen molar-refractivity contribution in [3.05, 3.63) is 34.2 Å². The van der Waals surface area contributed by atoms with Crippen molar-refractivity contribution < 1.29 is 4.79 Å². The molecule has 1 atom stereocenters. The summed E-state index contributed by atoms with van der Waals surface area (Å²) in [6.07, 6.45) is 2.43. The van der Waals surface area contributed by atoms with Crippen molar-refractivity contribution in [2.24, 2.45) is 5.92 Å². The maximum absolute atomic E-state index is 11.7. The molecule has 0 aromatic carbocycles. The topological polar surface area (TPSA) is 62.0 Å². The van der Waals surface area contributed by atoms with E-state index in [2.05, 4.69) is 40.1 Å². The molecule has 17 heavy (non-hydrogen) atoms. The van der Waals surface area contributed by atoms with Gasteiger partial charge in [0, 0.05) is 23.6 Å². The first-order chi connectivity index (χ1) is 7.99. The summed E-state index contributed by atoms with van der Waals surface area (Å²) < 4.78 is 0. The standard InChI is InChI=1S/C12H17BrN2O2/c1-8(2)5-10(13)7-15-12(17)9-3-4-11(16)14-6-9/h3-4,6,8,10H,5,7H2,1-2H3,(H,14,16)(H,15,17). The van der Waals surface area contributed by atoms with Crippen LogP contribution < -0.4 is 10.9 Å². The summed E-state index contributed by atoms with van der Waals surface area (Å²) in [5.74, 6) is 0.416. The van der Waals surface area contributed by atoms with Crippen LogP contribution in [-0.4, -0.2) is 22.3 Å². The molecule has 1 unspecified atom stereocenters. The number of rotatable bonds is 5. The molecule has 1 aromatic rings. The molecule has 0 spiro atoms. The van der Waals surface area contributed by atoms with Crippen LogP contribution in [0.25, 0.3) is 0 Å². The summed E-state index contributed by atoms with van der Waals surface area (Å²) in [5.41, 5.74) is 0.258. The highest BCUT2D eigenvalue weighted by atomic mass is 79.9. The van der Waals surface area contributed by atoms with E-state index in [0.29, 0.717) is 18.0 Å². The van der Waals surface area contributed by atoms with Gasteiger partial charge in [0.2, 0.25) is 5.56 Å². The van der Waals surface area contributed by atoms with Crippen molar-refractivity contribution >= 4 is 21.8 Å². The SMILES string of the molecule is CC(C)CC(Br)CNC(=O)c1ccc(=O)[nH]c1. The van der Waals surface area contributed by atoms with Crippen molar-refractivity contribution in [1.82, 2.24) is 10.3 Å². The fourth-order valence-electron chi connectivity index (χ4n) is 1.45. The number of H-pyrrole nitrogens is 1. The van der Waals surface area contributed by atoms with E-state index in [1.54, 1.807) is 0 Å². The molecule has 1 rings (SSSR count). The molecule has 0 saturated carbocycles. The number of aromatic nitrogens is 1. The van der Waals surface area contributed by atoms with Gasteiger partial charge in [0.05, 0.1) is 5.56 Å². The zero-order chi connectivity index (χ0) is 12.8. The molecule has 0 saturated heterocycles. The Morgan fingerprint density at radius 1 is 1.47 bits per heavy atom. The Labute approximate surface area is 109 Å². The molecular weight excluding hydrogens is 284 g/mol. The van der Waals surface area contributed by atoms with E-state index >= 15 is 0 Å². The van der Waals surface area contributed by atoms with Gasteiger partial charge in [0.15, 0.2) is 0 Å². The molecule has 0 fully saturated rings. The summed E-state index contributed by atoms with van der Waals surface area (Å²) in [6.45, 7) is 4.85. The van der Waals surface area contributed by atoms with Crippen LogP contribution in [0.3, 0.4) is 0 Å². The second-order valence-electron chi connectivity index (χ2n) is 4.38. The van der Waals surface area contributed by atoms with Gasteiger partial charge in [-0.15, -0.1) is 0 Å². The van der Waals surface area contributed by atoms with E-state index in [9.17, 15) is 9.59 Å². The molecule has 94 valence electrons. The number of nitrogens with one attached hydrogen (secondary N) is 2. The predicted octanol–water partition coefficient (Wildman–Crippen LogP) is 1.91. The highest BCUT2D eigenvalue weighted by molar-refractivity contribution is 9.09. The lowest BCUT2D eigenvalue weighted by atomic mass is 10.1. The van der Waals surface area contributed by atoms with E-state index in [0.717, 1.165) is 6.42 Å². The number of carbonyl (C=O) groups is 1. The number of hydrogen-bond acceptors (Lipinski definition) is 2. The quantitative estimate of drug-likeness (QED) is 0.816. The average Bonchev–Trinajstić information content (AvgIpc) is 2.26. The van der Waals surface area contributed by atoms with E-state index < -0.39 is 0 Å². The van der Waals surface area contributed by atoms with Crippen LogP contribution in [0.2, 0.25) is 0 Å². The maximum Gasteiger partial charge on any atom is 0.252 e. The monoisotopic (exact) mass is 300 g/mol. The Balaban J connectivity index is 2.44. The molecule has 0 bridgehead atoms. The highest BCUT2D eigenvalue weighted by Crippen LogP contribution is 2.11. The second kappa shape index (κ2) is 6.59. The Hall–Kier alpha value is -1.10. The first-order valence-corrected chi connectivity index (χ1v) is 6.51. The Bertz CT molecular complexity index is 408. The second-order valence-corrected chi connectivity index (χ2v) is 5.67. The van der Waals surface area contributed by atoms with Crippen molar-refractivity contribution in [2.45, 2.75) is 25.1 Å². The smallest absolute Gasteiger partial charge is 0.252 e. The summed E-state index contributed by atoms with van der Waals surface area (Å²) in [5, 5.41) is 2.82. The fraction of sp³-hybridized carbons (Fsp3) is 0.500. The largest absolute Gasteiger partial charge is 0.351 e. The van der Waals surface area contributed by atoms with Crippen LogP contribution in [0.1, 0.15) is 30.6 Å². The van der Waals surface area contributed by atoms with Crippen LogP contribution in [0.15, 0.2) is 23.1 Å². The van der Waals surface area contributed by atoms with Crippen LogP contribution in [0, 0.1) is 5.92 Å². The third kappa shape index (κ3) is 5.17. The Kier molecular flexibility index (Phi) is 5.41. The molecule has 1 amide bonds. The number of aromatic amines is 1. The zero-order valence-corrected chi connectivity index (χ0v) is 11.6. The summed E-state index contributed by atoms with van der Waals surface area (Å²) in [6, 6.07) is 2.86. The van der Waals surface area contributed by atoms with Gasteiger partial charge in [-0.25, -0.2) is 0 Å². The van der Waals surface area contributed by atoms with Gasteiger partial charge in [0.25, 0.3) is 5.91 Å². The van der Waals surface area contributed by atoms with Crippen LogP contribution in [0.5, 0.6) is 0 Å². The number of alkyl halides is 1. The van der Waals surface area contributed by atoms with Crippen molar-refractivity contribution in [3.8, 4) is 0 Å². The number of halogens is 1. The van der Waals surface area contributed by atoms with E-state index in [1.165, 1.54) is 18.3 Å². The van der Waals surface area contributed by atoms with Gasteiger partial charge < -0.3 is 10.3 Å². The van der Waals surface area contributed by atoms with Crippen LogP contribution >= 0.6 is 15.9 Å². The van der Waals surface area contributed by atoms with Gasteiger partial charge in [-0.3, -0.25) is 9.59 Å². The van der Waals surface area contributed by atoms with Crippen molar-refractivity contribution in [3.63, 3.8) is 0 Å². The lowest BCUT2D eigenvalue weighted by Crippen LogP contribution is -2.30. The summed E-state index contributed by atoms with van der Waals surface area (Å²) in [4.78, 5) is 25.3. The van der Waals surface area contributed by atoms with E-state index in [-0.39, 0.29) is 16.3 Å². The van der Waals surface area contributed by atoms with Crippen molar-refractivity contribution in [2.75, 3.05) is 6.54 Å². The maximum atomic E-state index is 11.7. The third-order valence-electron chi connectivity index (χ3n) is 2.26. The highest BCUT2D eigenvalue weighted by Gasteiger charge is 2.10. The molecule has 2 N–H and O–H groups in total. The minimum atomic E-state index is -0.209. The zero-order valence-electron chi connectivity index (χ0n) is 10.00. The molecule has 4 nitrogen and oxygen atoms in total. The van der Waals surface area contributed by atoms with Gasteiger partial charge in [0.1, 0.15) is 0 Å². The van der Waals surface area contributed by atoms with Crippen LogP contribution in [0.4, 0.5) is 0 Å². The van der Waals surface area contributed by atoms with Gasteiger partial charge >= 0.3 is 0 Å². The minimum absolute atomic E-state index is 0.172. The van der Waals surface area contributed by atoms with Crippen LogP contribution in [-0.2, 0) is 0 Å². The predicted molar refractivity (Wildman–Crippen MR) is 71.6 cm³/mol.